The SMILES string of the molecule is O=C(NCCc1ccc(C(F)(F)F)cc1)C1CCN(S(=O)(=O)C=Cc2ccccc2)CC1. The Balaban J connectivity index is 1.43. The number of hydrogen-bond donors (Lipinski definition) is 1. The highest BCUT2D eigenvalue weighted by Gasteiger charge is 2.31. The second-order valence-electron chi connectivity index (χ2n) is 7.67. The van der Waals surface area contributed by atoms with Crippen molar-refractivity contribution in [3.05, 3.63) is 76.7 Å². The molecule has 9 heteroatoms. The van der Waals surface area contributed by atoms with Crippen molar-refractivity contribution < 1.29 is 26.4 Å². The summed E-state index contributed by atoms with van der Waals surface area (Å²) >= 11 is 0. The molecule has 0 radical (unpaired) electrons. The first-order valence-electron chi connectivity index (χ1n) is 10.3. The molecule has 0 unspecified atom stereocenters. The fraction of sp³-hybridized carbons (Fsp3) is 0.348. The van der Waals surface area contributed by atoms with E-state index in [1.807, 2.05) is 30.3 Å². The van der Waals surface area contributed by atoms with E-state index >= 15 is 0 Å². The number of rotatable bonds is 7. The molecule has 0 spiro atoms. The Labute approximate surface area is 186 Å². The number of sulfonamides is 1. The number of alkyl halides is 3. The molecule has 1 saturated heterocycles. The monoisotopic (exact) mass is 466 g/mol. The molecule has 0 atom stereocenters. The Morgan fingerprint density at radius 3 is 2.25 bits per heavy atom. The molecule has 172 valence electrons. The highest BCUT2D eigenvalue weighted by atomic mass is 32.2. The highest BCUT2D eigenvalue weighted by Crippen LogP contribution is 2.29. The van der Waals surface area contributed by atoms with Gasteiger partial charge in [-0.25, -0.2) is 8.42 Å². The van der Waals surface area contributed by atoms with Gasteiger partial charge in [-0.1, -0.05) is 42.5 Å². The molecule has 1 heterocycles. The Bertz CT molecular complexity index is 1030. The maximum atomic E-state index is 12.6. The summed E-state index contributed by atoms with van der Waals surface area (Å²) in [4.78, 5) is 12.4. The Hall–Kier alpha value is -2.65. The van der Waals surface area contributed by atoms with Gasteiger partial charge in [-0.05, 0) is 48.6 Å². The summed E-state index contributed by atoms with van der Waals surface area (Å²) in [5.74, 6) is -0.444. The van der Waals surface area contributed by atoms with Crippen molar-refractivity contribution in [3.63, 3.8) is 0 Å². The predicted octanol–water partition coefficient (Wildman–Crippen LogP) is 4.08. The van der Waals surface area contributed by atoms with Crippen LogP contribution in [0.25, 0.3) is 6.08 Å². The van der Waals surface area contributed by atoms with Gasteiger partial charge in [0.25, 0.3) is 0 Å². The van der Waals surface area contributed by atoms with Gasteiger partial charge in [-0.2, -0.15) is 17.5 Å². The van der Waals surface area contributed by atoms with Crippen molar-refractivity contribution in [2.45, 2.75) is 25.4 Å². The molecular formula is C23H25F3N2O3S. The molecule has 0 saturated carbocycles. The summed E-state index contributed by atoms with van der Waals surface area (Å²) in [5.41, 5.74) is 0.786. The Morgan fingerprint density at radius 1 is 1.03 bits per heavy atom. The van der Waals surface area contributed by atoms with Crippen molar-refractivity contribution in [1.29, 1.82) is 0 Å². The maximum absolute atomic E-state index is 12.6. The van der Waals surface area contributed by atoms with Crippen molar-refractivity contribution in [2.75, 3.05) is 19.6 Å². The van der Waals surface area contributed by atoms with Gasteiger partial charge in [0.15, 0.2) is 0 Å². The van der Waals surface area contributed by atoms with E-state index in [0.29, 0.717) is 31.4 Å². The standard InChI is InChI=1S/C23H25F3N2O3S/c24-23(25,26)21-8-6-19(7-9-21)10-14-27-22(29)20-11-15-28(16-12-20)32(30,31)17-13-18-4-2-1-3-5-18/h1-9,13,17,20H,10-12,14-16H2,(H,27,29). The van der Waals surface area contributed by atoms with E-state index in [-0.39, 0.29) is 24.9 Å². The van der Waals surface area contributed by atoms with Crippen molar-refractivity contribution in [2.24, 2.45) is 5.92 Å². The summed E-state index contributed by atoms with van der Waals surface area (Å²) in [6.07, 6.45) is -1.56. The third-order valence-corrected chi connectivity index (χ3v) is 6.98. The van der Waals surface area contributed by atoms with E-state index in [2.05, 4.69) is 5.32 Å². The number of amides is 1. The first-order valence-corrected chi connectivity index (χ1v) is 11.8. The van der Waals surface area contributed by atoms with Crippen LogP contribution in [0.4, 0.5) is 13.2 Å². The molecule has 32 heavy (non-hydrogen) atoms. The van der Waals surface area contributed by atoms with Gasteiger partial charge in [-0.3, -0.25) is 4.79 Å². The molecule has 0 aromatic heterocycles. The lowest BCUT2D eigenvalue weighted by molar-refractivity contribution is -0.137. The van der Waals surface area contributed by atoms with Gasteiger partial charge in [0.05, 0.1) is 5.56 Å². The second-order valence-corrected chi connectivity index (χ2v) is 9.49. The van der Waals surface area contributed by atoms with Crippen LogP contribution in [-0.2, 0) is 27.4 Å². The molecule has 3 rings (SSSR count). The van der Waals surface area contributed by atoms with E-state index in [1.165, 1.54) is 21.8 Å². The van der Waals surface area contributed by atoms with Gasteiger partial charge in [0, 0.05) is 31.0 Å². The minimum Gasteiger partial charge on any atom is -0.356 e. The normalized spacial score (nSPS) is 16.3. The zero-order valence-corrected chi connectivity index (χ0v) is 18.2. The van der Waals surface area contributed by atoms with Crippen LogP contribution >= 0.6 is 0 Å². The van der Waals surface area contributed by atoms with Crippen LogP contribution in [0.15, 0.2) is 60.0 Å². The zero-order valence-electron chi connectivity index (χ0n) is 17.4. The first kappa shape index (κ1) is 24.0. The van der Waals surface area contributed by atoms with Crippen LogP contribution in [-0.4, -0.2) is 38.3 Å². The number of halogens is 3. The van der Waals surface area contributed by atoms with Crippen LogP contribution in [0.3, 0.4) is 0 Å². The number of nitrogens with one attached hydrogen (secondary N) is 1. The molecule has 2 aromatic rings. The van der Waals surface area contributed by atoms with Gasteiger partial charge < -0.3 is 5.32 Å². The topological polar surface area (TPSA) is 66.5 Å². The number of nitrogens with zero attached hydrogens (tertiary/aromatic N) is 1. The van der Waals surface area contributed by atoms with Gasteiger partial charge in [0.1, 0.15) is 0 Å². The minimum atomic E-state index is -4.37. The Morgan fingerprint density at radius 2 is 1.66 bits per heavy atom. The fourth-order valence-corrected chi connectivity index (χ4v) is 4.74. The number of hydrogen-bond acceptors (Lipinski definition) is 3. The third kappa shape index (κ3) is 6.67. The van der Waals surface area contributed by atoms with Crippen LogP contribution in [0.1, 0.15) is 29.5 Å². The minimum absolute atomic E-state index is 0.159. The molecule has 5 nitrogen and oxygen atoms in total. The molecule has 0 aliphatic carbocycles. The van der Waals surface area contributed by atoms with Crippen molar-refractivity contribution >= 4 is 22.0 Å². The van der Waals surface area contributed by atoms with E-state index in [0.717, 1.165) is 17.7 Å². The molecule has 1 N–H and O–H groups in total. The first-order chi connectivity index (χ1) is 15.1. The van der Waals surface area contributed by atoms with E-state index in [4.69, 9.17) is 0 Å². The number of benzene rings is 2. The van der Waals surface area contributed by atoms with Crippen LogP contribution in [0.5, 0.6) is 0 Å². The highest BCUT2D eigenvalue weighted by molar-refractivity contribution is 7.92. The molecule has 1 aliphatic rings. The van der Waals surface area contributed by atoms with Crippen LogP contribution in [0, 0.1) is 5.92 Å². The molecule has 1 fully saturated rings. The predicted molar refractivity (Wildman–Crippen MR) is 117 cm³/mol. The zero-order chi connectivity index (χ0) is 23.2. The van der Waals surface area contributed by atoms with Crippen molar-refractivity contribution in [3.8, 4) is 0 Å². The summed E-state index contributed by atoms with van der Waals surface area (Å²) in [5, 5.41) is 3.99. The molecule has 2 aromatic carbocycles. The Kier molecular flexibility index (Phi) is 7.73. The quantitative estimate of drug-likeness (QED) is 0.669. The van der Waals surface area contributed by atoms with Crippen LogP contribution in [0.2, 0.25) is 0 Å². The lowest BCUT2D eigenvalue weighted by Crippen LogP contribution is -2.42. The number of carbonyl (C=O) groups excluding carboxylic acids is 1. The largest absolute Gasteiger partial charge is 0.416 e. The molecule has 1 aliphatic heterocycles. The molecule has 0 bridgehead atoms. The van der Waals surface area contributed by atoms with E-state index < -0.39 is 21.8 Å². The summed E-state index contributed by atoms with van der Waals surface area (Å²) in [7, 11) is -3.56. The fourth-order valence-electron chi connectivity index (χ4n) is 3.52. The second kappa shape index (κ2) is 10.3. The molecule has 1 amide bonds. The van der Waals surface area contributed by atoms with Crippen LogP contribution < -0.4 is 5.32 Å². The number of carbonyl (C=O) groups is 1. The summed E-state index contributed by atoms with van der Waals surface area (Å²) < 4.78 is 64.2. The van der Waals surface area contributed by atoms with E-state index in [9.17, 15) is 26.4 Å². The average Bonchev–Trinajstić information content (AvgIpc) is 2.78. The summed E-state index contributed by atoms with van der Waals surface area (Å²) in [6, 6.07) is 14.0. The number of piperidine rings is 1. The van der Waals surface area contributed by atoms with Crippen molar-refractivity contribution in [1.82, 2.24) is 9.62 Å². The van der Waals surface area contributed by atoms with Gasteiger partial charge in [-0.15, -0.1) is 0 Å². The molecular weight excluding hydrogens is 441 g/mol. The van der Waals surface area contributed by atoms with Gasteiger partial charge >= 0.3 is 6.18 Å². The van der Waals surface area contributed by atoms with Gasteiger partial charge in [0.2, 0.25) is 15.9 Å². The smallest absolute Gasteiger partial charge is 0.356 e. The van der Waals surface area contributed by atoms with E-state index in [1.54, 1.807) is 6.08 Å². The summed E-state index contributed by atoms with van der Waals surface area (Å²) in [6.45, 7) is 0.833. The average molecular weight is 467 g/mol. The lowest BCUT2D eigenvalue weighted by atomic mass is 9.97. The third-order valence-electron chi connectivity index (χ3n) is 5.41. The lowest BCUT2D eigenvalue weighted by Gasteiger charge is -2.29. The maximum Gasteiger partial charge on any atom is 0.416 e.